The van der Waals surface area contributed by atoms with Gasteiger partial charge in [0, 0.05) is 26.3 Å². The van der Waals surface area contributed by atoms with Crippen LogP contribution in [0.25, 0.3) is 0 Å². The van der Waals surface area contributed by atoms with Crippen LogP contribution >= 0.6 is 0 Å². The van der Waals surface area contributed by atoms with Crippen LogP contribution in [0.3, 0.4) is 0 Å². The first-order chi connectivity index (χ1) is 9.64. The Hall–Kier alpha value is -1.08. The number of aryl methyl sites for hydroxylation is 1. The minimum Gasteiger partial charge on any atom is -0.381 e. The topological polar surface area (TPSA) is 81.2 Å². The molecular weight excluding hydrogens is 288 g/mol. The van der Waals surface area contributed by atoms with Gasteiger partial charge in [-0.1, -0.05) is 27.7 Å². The van der Waals surface area contributed by atoms with Gasteiger partial charge in [-0.15, -0.1) is 0 Å². The van der Waals surface area contributed by atoms with Crippen molar-refractivity contribution in [2.24, 2.45) is 18.9 Å². The Morgan fingerprint density at radius 1 is 1.19 bits per heavy atom. The fourth-order valence-corrected chi connectivity index (χ4v) is 3.54. The molecule has 1 aromatic heterocycles. The van der Waals surface area contributed by atoms with Crippen LogP contribution in [0.15, 0.2) is 11.1 Å². The van der Waals surface area contributed by atoms with Crippen LogP contribution < -0.4 is 5.73 Å². The molecule has 7 heteroatoms. The molecule has 0 aliphatic carbocycles. The van der Waals surface area contributed by atoms with Crippen molar-refractivity contribution < 1.29 is 8.42 Å². The number of nitrogens with two attached hydrogens (primary N) is 1. The Balaban J connectivity index is 3.01. The molecule has 1 heterocycles. The van der Waals surface area contributed by atoms with E-state index in [4.69, 9.17) is 5.73 Å². The van der Waals surface area contributed by atoms with E-state index in [0.29, 0.717) is 24.9 Å². The number of rotatable bonds is 8. The van der Waals surface area contributed by atoms with E-state index < -0.39 is 10.0 Å². The zero-order chi connectivity index (χ0) is 16.2. The lowest BCUT2D eigenvalue weighted by molar-refractivity contribution is 0.357. The maximum Gasteiger partial charge on any atom is 0.248 e. The molecule has 0 spiro atoms. The molecule has 0 bridgehead atoms. The van der Waals surface area contributed by atoms with E-state index in [1.54, 1.807) is 11.4 Å². The molecule has 0 saturated carbocycles. The van der Waals surface area contributed by atoms with Gasteiger partial charge in [0.25, 0.3) is 0 Å². The first kappa shape index (κ1) is 18.0. The third kappa shape index (κ3) is 5.00. The molecule has 0 radical (unpaired) electrons. The molecule has 0 atom stereocenters. The first-order valence-corrected chi connectivity index (χ1v) is 8.87. The van der Waals surface area contributed by atoms with Crippen molar-refractivity contribution in [3.05, 3.63) is 6.20 Å². The number of hydrogen-bond donors (Lipinski definition) is 1. The van der Waals surface area contributed by atoms with Crippen LogP contribution in [0.2, 0.25) is 0 Å². The van der Waals surface area contributed by atoms with E-state index in [1.165, 1.54) is 10.9 Å². The summed E-state index contributed by atoms with van der Waals surface area (Å²) in [6, 6.07) is 0. The maximum absolute atomic E-state index is 12.8. The van der Waals surface area contributed by atoms with E-state index in [2.05, 4.69) is 32.8 Å². The summed E-state index contributed by atoms with van der Waals surface area (Å²) in [5.41, 5.74) is 5.74. The molecule has 0 aliphatic rings. The number of hydrogen-bond acceptors (Lipinski definition) is 4. The van der Waals surface area contributed by atoms with Gasteiger partial charge in [0.1, 0.15) is 4.90 Å². The molecule has 0 fully saturated rings. The summed E-state index contributed by atoms with van der Waals surface area (Å²) in [5, 5.41) is 3.94. The molecule has 2 N–H and O–H groups in total. The largest absolute Gasteiger partial charge is 0.381 e. The molecule has 6 nitrogen and oxygen atoms in total. The average Bonchev–Trinajstić information content (AvgIpc) is 2.68. The van der Waals surface area contributed by atoms with Gasteiger partial charge in [0.15, 0.2) is 5.82 Å². The first-order valence-electron chi connectivity index (χ1n) is 7.43. The molecule has 1 rings (SSSR count). The fraction of sp³-hybridized carbons (Fsp3) is 0.786. The lowest BCUT2D eigenvalue weighted by Crippen LogP contribution is -2.34. The highest BCUT2D eigenvalue weighted by Crippen LogP contribution is 2.22. The van der Waals surface area contributed by atoms with Crippen molar-refractivity contribution in [2.45, 2.75) is 45.4 Å². The Labute approximate surface area is 128 Å². The SMILES string of the molecule is CC(C)CCN(CCC(C)C)S(=O)(=O)c1cn(C)nc1N. The number of anilines is 1. The van der Waals surface area contributed by atoms with Gasteiger partial charge in [0.2, 0.25) is 10.0 Å². The fourth-order valence-electron chi connectivity index (χ4n) is 1.98. The van der Waals surface area contributed by atoms with Gasteiger partial charge in [-0.05, 0) is 24.7 Å². The minimum absolute atomic E-state index is 0.0663. The van der Waals surface area contributed by atoms with E-state index in [0.717, 1.165) is 12.8 Å². The smallest absolute Gasteiger partial charge is 0.248 e. The molecular formula is C14H28N4O2S. The zero-order valence-electron chi connectivity index (χ0n) is 13.7. The monoisotopic (exact) mass is 316 g/mol. The van der Waals surface area contributed by atoms with Gasteiger partial charge >= 0.3 is 0 Å². The Morgan fingerprint density at radius 3 is 2.00 bits per heavy atom. The normalized spacial score (nSPS) is 12.8. The molecule has 0 unspecified atom stereocenters. The zero-order valence-corrected chi connectivity index (χ0v) is 14.5. The van der Waals surface area contributed by atoms with E-state index in [9.17, 15) is 8.42 Å². The van der Waals surface area contributed by atoms with E-state index >= 15 is 0 Å². The van der Waals surface area contributed by atoms with Crippen LogP contribution in [0, 0.1) is 11.8 Å². The standard InChI is InChI=1S/C14H28N4O2S/c1-11(2)6-8-18(9-7-12(3)4)21(19,20)13-10-17(5)16-14(13)15/h10-12H,6-9H2,1-5H3,(H2,15,16). The van der Waals surface area contributed by atoms with Gasteiger partial charge in [-0.3, -0.25) is 4.68 Å². The van der Waals surface area contributed by atoms with Gasteiger partial charge in [-0.2, -0.15) is 9.40 Å². The summed E-state index contributed by atoms with van der Waals surface area (Å²) in [4.78, 5) is 0.109. The van der Waals surface area contributed by atoms with Gasteiger partial charge in [0.05, 0.1) is 0 Å². The van der Waals surface area contributed by atoms with Crippen molar-refractivity contribution in [3.8, 4) is 0 Å². The van der Waals surface area contributed by atoms with Crippen LogP contribution in [0.1, 0.15) is 40.5 Å². The number of nitrogen functional groups attached to an aromatic ring is 1. The second kappa shape index (κ2) is 7.26. The van der Waals surface area contributed by atoms with Crippen LogP contribution in [0.5, 0.6) is 0 Å². The summed E-state index contributed by atoms with van der Waals surface area (Å²) in [7, 11) is -1.91. The molecule has 0 aromatic carbocycles. The average molecular weight is 316 g/mol. The Bertz CT molecular complexity index is 537. The minimum atomic E-state index is -3.58. The number of sulfonamides is 1. The lowest BCUT2D eigenvalue weighted by atomic mass is 10.1. The van der Waals surface area contributed by atoms with Gasteiger partial charge < -0.3 is 5.73 Å². The highest BCUT2D eigenvalue weighted by atomic mass is 32.2. The quantitative estimate of drug-likeness (QED) is 0.796. The maximum atomic E-state index is 12.8. The summed E-state index contributed by atoms with van der Waals surface area (Å²) in [6.07, 6.45) is 3.14. The van der Waals surface area contributed by atoms with E-state index in [1.807, 2.05) is 0 Å². The molecule has 0 aliphatic heterocycles. The predicted octanol–water partition coefficient (Wildman–Crippen LogP) is 2.09. The number of nitrogens with zero attached hydrogens (tertiary/aromatic N) is 3. The van der Waals surface area contributed by atoms with Crippen molar-refractivity contribution in [2.75, 3.05) is 18.8 Å². The summed E-state index contributed by atoms with van der Waals surface area (Å²) in [6.45, 7) is 9.39. The molecule has 122 valence electrons. The van der Waals surface area contributed by atoms with E-state index in [-0.39, 0.29) is 10.7 Å². The second-order valence-electron chi connectivity index (χ2n) is 6.32. The van der Waals surface area contributed by atoms with Crippen molar-refractivity contribution in [1.29, 1.82) is 0 Å². The third-order valence-electron chi connectivity index (χ3n) is 3.35. The second-order valence-corrected chi connectivity index (χ2v) is 8.23. The molecule has 0 amide bonds. The molecule has 1 aromatic rings. The van der Waals surface area contributed by atoms with Crippen LogP contribution in [0.4, 0.5) is 5.82 Å². The highest BCUT2D eigenvalue weighted by molar-refractivity contribution is 7.89. The molecule has 0 saturated heterocycles. The summed E-state index contributed by atoms with van der Waals surface area (Å²) >= 11 is 0. The van der Waals surface area contributed by atoms with Crippen molar-refractivity contribution >= 4 is 15.8 Å². The Morgan fingerprint density at radius 2 is 1.67 bits per heavy atom. The van der Waals surface area contributed by atoms with Gasteiger partial charge in [-0.25, -0.2) is 8.42 Å². The summed E-state index contributed by atoms with van der Waals surface area (Å²) < 4.78 is 28.5. The lowest BCUT2D eigenvalue weighted by Gasteiger charge is -2.23. The number of aromatic nitrogens is 2. The van der Waals surface area contributed by atoms with Crippen molar-refractivity contribution in [3.63, 3.8) is 0 Å². The highest BCUT2D eigenvalue weighted by Gasteiger charge is 2.28. The summed E-state index contributed by atoms with van der Waals surface area (Å²) in [5.74, 6) is 0.970. The van der Waals surface area contributed by atoms with Crippen LogP contribution in [-0.2, 0) is 17.1 Å². The molecule has 21 heavy (non-hydrogen) atoms. The third-order valence-corrected chi connectivity index (χ3v) is 5.27. The van der Waals surface area contributed by atoms with Crippen LogP contribution in [-0.4, -0.2) is 35.6 Å². The Kier molecular flexibility index (Phi) is 6.22. The van der Waals surface area contributed by atoms with Crippen molar-refractivity contribution in [1.82, 2.24) is 14.1 Å². The predicted molar refractivity (Wildman–Crippen MR) is 85.3 cm³/mol.